The molecule has 25 heavy (non-hydrogen) atoms. The van der Waals surface area contributed by atoms with E-state index in [4.69, 9.17) is 0 Å². The zero-order chi connectivity index (χ0) is 17.6. The van der Waals surface area contributed by atoms with Gasteiger partial charge in [-0.3, -0.25) is 0 Å². The van der Waals surface area contributed by atoms with Crippen LogP contribution >= 0.6 is 0 Å². The Bertz CT molecular complexity index is 469. The molecule has 0 aliphatic carbocycles. The number of hydrogen-bond acceptors (Lipinski definition) is 0. The standard InChI is InChI=1S/2C12H19.Mg/c2*1-3-5-7-12-9-8-11(10-12)6-4-2;/h2*8-10H,3-7H2,1-2H3;/q2*-1;+2. The first-order valence-corrected chi connectivity index (χ1v) is 10.2. The average molecular weight is 351 g/mol. The fraction of sp³-hybridized carbons (Fsp3) is 0.583. The molecule has 2 aromatic rings. The van der Waals surface area contributed by atoms with E-state index in [0.29, 0.717) is 0 Å². The summed E-state index contributed by atoms with van der Waals surface area (Å²) in [4.78, 5) is 0. The van der Waals surface area contributed by atoms with Crippen molar-refractivity contribution in [3.8, 4) is 0 Å². The molecule has 0 fully saturated rings. The van der Waals surface area contributed by atoms with E-state index in [-0.39, 0.29) is 23.1 Å². The first-order valence-electron chi connectivity index (χ1n) is 10.2. The van der Waals surface area contributed by atoms with E-state index in [2.05, 4.69) is 64.1 Å². The molecule has 0 heterocycles. The van der Waals surface area contributed by atoms with E-state index in [1.165, 1.54) is 86.5 Å². The van der Waals surface area contributed by atoms with Gasteiger partial charge in [-0.15, -0.1) is 0 Å². The van der Waals surface area contributed by atoms with Crippen molar-refractivity contribution in [3.05, 3.63) is 58.7 Å². The molecule has 0 aromatic heterocycles. The van der Waals surface area contributed by atoms with Crippen molar-refractivity contribution in [2.75, 3.05) is 0 Å². The Kier molecular flexibility index (Phi) is 15.4. The maximum Gasteiger partial charge on any atom is 2.00 e. The van der Waals surface area contributed by atoms with Gasteiger partial charge in [0.15, 0.2) is 0 Å². The molecule has 0 radical (unpaired) electrons. The van der Waals surface area contributed by atoms with Crippen LogP contribution in [0.5, 0.6) is 0 Å². The molecule has 0 unspecified atom stereocenters. The molecule has 0 saturated heterocycles. The summed E-state index contributed by atoms with van der Waals surface area (Å²) in [6.07, 6.45) is 12.8. The Morgan fingerprint density at radius 3 is 1.36 bits per heavy atom. The van der Waals surface area contributed by atoms with E-state index in [1.807, 2.05) is 0 Å². The van der Waals surface area contributed by atoms with Gasteiger partial charge >= 0.3 is 23.1 Å². The van der Waals surface area contributed by atoms with Crippen LogP contribution in [0.2, 0.25) is 0 Å². The summed E-state index contributed by atoms with van der Waals surface area (Å²) >= 11 is 0. The molecule has 0 aliphatic heterocycles. The maximum absolute atomic E-state index is 2.36. The van der Waals surface area contributed by atoms with E-state index >= 15 is 0 Å². The van der Waals surface area contributed by atoms with Crippen LogP contribution in [0.1, 0.15) is 88.5 Å². The van der Waals surface area contributed by atoms with Crippen molar-refractivity contribution >= 4 is 23.1 Å². The SMILES string of the molecule is CCCC[c-]1ccc(CCC)c1.CCCC[c-]1ccc(CCC)c1.[Mg+2]. The molecule has 2 aromatic carbocycles. The van der Waals surface area contributed by atoms with Crippen molar-refractivity contribution in [1.82, 2.24) is 0 Å². The second-order valence-corrected chi connectivity index (χ2v) is 6.96. The average Bonchev–Trinajstić information content (AvgIpc) is 3.22. The molecular formula is C24H38Mg. The summed E-state index contributed by atoms with van der Waals surface area (Å²) in [5.41, 5.74) is 6.09. The van der Waals surface area contributed by atoms with Gasteiger partial charge < -0.3 is 0 Å². The van der Waals surface area contributed by atoms with Crippen molar-refractivity contribution in [1.29, 1.82) is 0 Å². The van der Waals surface area contributed by atoms with E-state index in [9.17, 15) is 0 Å². The van der Waals surface area contributed by atoms with Crippen molar-refractivity contribution in [2.24, 2.45) is 0 Å². The molecule has 0 N–H and O–H groups in total. The Hall–Kier alpha value is -0.534. The smallest absolute Gasteiger partial charge is 0.210 e. The molecule has 0 spiro atoms. The zero-order valence-corrected chi connectivity index (χ0v) is 18.7. The van der Waals surface area contributed by atoms with E-state index < -0.39 is 0 Å². The van der Waals surface area contributed by atoms with Gasteiger partial charge in [-0.25, -0.2) is 12.1 Å². The first kappa shape index (κ1) is 24.5. The van der Waals surface area contributed by atoms with Crippen molar-refractivity contribution < 1.29 is 0 Å². The number of hydrogen-bond donors (Lipinski definition) is 0. The normalized spacial score (nSPS) is 10.1. The predicted octanol–water partition coefficient (Wildman–Crippen LogP) is 7.02. The zero-order valence-electron chi connectivity index (χ0n) is 17.2. The van der Waals surface area contributed by atoms with Crippen LogP contribution in [0.4, 0.5) is 0 Å². The predicted molar refractivity (Wildman–Crippen MR) is 115 cm³/mol. The maximum atomic E-state index is 2.36. The quantitative estimate of drug-likeness (QED) is 0.319. The Morgan fingerprint density at radius 2 is 1.04 bits per heavy atom. The van der Waals surface area contributed by atoms with Gasteiger partial charge in [0.2, 0.25) is 0 Å². The summed E-state index contributed by atoms with van der Waals surface area (Å²) < 4.78 is 0. The Balaban J connectivity index is 0.000000443. The number of aryl methyl sites for hydroxylation is 4. The topological polar surface area (TPSA) is 0 Å². The molecule has 1 heteroatoms. The van der Waals surface area contributed by atoms with E-state index in [0.717, 1.165) is 0 Å². The molecule has 0 aliphatic rings. The fourth-order valence-corrected chi connectivity index (χ4v) is 3.06. The van der Waals surface area contributed by atoms with Gasteiger partial charge in [-0.1, -0.05) is 91.9 Å². The Morgan fingerprint density at radius 1 is 0.640 bits per heavy atom. The van der Waals surface area contributed by atoms with Crippen molar-refractivity contribution in [2.45, 2.75) is 91.9 Å². The fourth-order valence-electron chi connectivity index (χ4n) is 3.06. The third-order valence-corrected chi connectivity index (χ3v) is 4.48. The van der Waals surface area contributed by atoms with Crippen LogP contribution in [-0.4, -0.2) is 23.1 Å². The van der Waals surface area contributed by atoms with Crippen LogP contribution in [0.25, 0.3) is 0 Å². The minimum Gasteiger partial charge on any atom is -0.210 e. The molecule has 0 amide bonds. The minimum atomic E-state index is 0. The third-order valence-electron chi connectivity index (χ3n) is 4.48. The molecule has 0 atom stereocenters. The largest absolute Gasteiger partial charge is 2.00 e. The van der Waals surface area contributed by atoms with Gasteiger partial charge in [0, 0.05) is 0 Å². The van der Waals surface area contributed by atoms with Crippen LogP contribution in [0.3, 0.4) is 0 Å². The van der Waals surface area contributed by atoms with Gasteiger partial charge in [-0.05, 0) is 0 Å². The molecule has 2 rings (SSSR count). The summed E-state index contributed by atoms with van der Waals surface area (Å²) in [6.45, 7) is 8.96. The van der Waals surface area contributed by atoms with Gasteiger partial charge in [0.25, 0.3) is 0 Å². The summed E-state index contributed by atoms with van der Waals surface area (Å²) in [6, 6.07) is 13.8. The molecule has 0 nitrogen and oxygen atoms in total. The monoisotopic (exact) mass is 350 g/mol. The summed E-state index contributed by atoms with van der Waals surface area (Å²) in [7, 11) is 0. The van der Waals surface area contributed by atoms with Crippen LogP contribution < -0.4 is 0 Å². The minimum absolute atomic E-state index is 0. The van der Waals surface area contributed by atoms with Gasteiger partial charge in [-0.2, -0.15) is 46.5 Å². The van der Waals surface area contributed by atoms with Gasteiger partial charge in [0.1, 0.15) is 0 Å². The van der Waals surface area contributed by atoms with Crippen LogP contribution in [-0.2, 0) is 25.7 Å². The van der Waals surface area contributed by atoms with Crippen LogP contribution in [0.15, 0.2) is 36.4 Å². The summed E-state index contributed by atoms with van der Waals surface area (Å²) in [5.74, 6) is 0. The first-order chi connectivity index (χ1) is 11.7. The Labute approximate surface area is 173 Å². The molecular weight excluding hydrogens is 313 g/mol. The second kappa shape index (κ2) is 15.7. The molecule has 0 saturated carbocycles. The van der Waals surface area contributed by atoms with Crippen molar-refractivity contribution in [3.63, 3.8) is 0 Å². The second-order valence-electron chi connectivity index (χ2n) is 6.96. The van der Waals surface area contributed by atoms with Crippen LogP contribution in [0, 0.1) is 0 Å². The molecule has 136 valence electrons. The number of unbranched alkanes of at least 4 members (excludes halogenated alkanes) is 2. The third kappa shape index (κ3) is 10.9. The molecule has 0 bridgehead atoms. The van der Waals surface area contributed by atoms with E-state index in [1.54, 1.807) is 0 Å². The van der Waals surface area contributed by atoms with Gasteiger partial charge in [0.05, 0.1) is 0 Å². The number of rotatable bonds is 10. The summed E-state index contributed by atoms with van der Waals surface area (Å²) in [5, 5.41) is 0.